The number of carbonyl (C=O) groups excluding carboxylic acids is 2. The number of benzene rings is 2. The van der Waals surface area contributed by atoms with Crippen molar-refractivity contribution in [2.45, 2.75) is 13.5 Å². The number of rotatable bonds is 7. The lowest BCUT2D eigenvalue weighted by Gasteiger charge is -2.16. The second-order valence-corrected chi connectivity index (χ2v) is 7.32. The molecule has 162 valence electrons. The molecule has 2 aromatic carbocycles. The number of imide groups is 1. The van der Waals surface area contributed by atoms with Gasteiger partial charge in [-0.2, -0.15) is 0 Å². The van der Waals surface area contributed by atoms with Gasteiger partial charge in [0.15, 0.2) is 0 Å². The second kappa shape index (κ2) is 8.93. The van der Waals surface area contributed by atoms with E-state index >= 15 is 0 Å². The molecule has 0 saturated carbocycles. The summed E-state index contributed by atoms with van der Waals surface area (Å²) < 4.78 is 10.7. The quantitative estimate of drug-likeness (QED) is 0.576. The van der Waals surface area contributed by atoms with E-state index in [1.807, 2.05) is 37.3 Å². The SMILES string of the molecule is COc1ccc(OC)c(NC2=C(c3ccc(C)cc3)C(=O)N(Cc3ccccn3)C2=O)c1. The van der Waals surface area contributed by atoms with Crippen molar-refractivity contribution in [3.63, 3.8) is 0 Å². The molecule has 7 heteroatoms. The van der Waals surface area contributed by atoms with Crippen molar-refractivity contribution in [2.24, 2.45) is 0 Å². The molecule has 1 aliphatic heterocycles. The van der Waals surface area contributed by atoms with E-state index in [0.717, 1.165) is 5.56 Å². The number of pyridine rings is 1. The standard InChI is InChI=1S/C25H23N3O4/c1-16-7-9-17(10-8-16)22-23(27-20-14-19(31-2)11-12-21(20)32-3)25(30)28(24(22)29)15-18-6-4-5-13-26-18/h4-14,27H,15H2,1-3H3. The number of ether oxygens (including phenoxy) is 2. The minimum absolute atomic E-state index is 0.0777. The summed E-state index contributed by atoms with van der Waals surface area (Å²) in [5, 5.41) is 3.14. The van der Waals surface area contributed by atoms with Crippen molar-refractivity contribution in [1.82, 2.24) is 9.88 Å². The first-order chi connectivity index (χ1) is 15.5. The van der Waals surface area contributed by atoms with E-state index in [1.165, 1.54) is 12.0 Å². The van der Waals surface area contributed by atoms with Gasteiger partial charge in [0.25, 0.3) is 11.8 Å². The number of aryl methyl sites for hydroxylation is 1. The lowest BCUT2D eigenvalue weighted by molar-refractivity contribution is -0.137. The molecule has 1 N–H and O–H groups in total. The normalized spacial score (nSPS) is 13.5. The largest absolute Gasteiger partial charge is 0.497 e. The Morgan fingerprint density at radius 3 is 2.38 bits per heavy atom. The Morgan fingerprint density at radius 2 is 1.72 bits per heavy atom. The molecule has 3 aromatic rings. The predicted molar refractivity (Wildman–Crippen MR) is 121 cm³/mol. The zero-order valence-corrected chi connectivity index (χ0v) is 18.1. The summed E-state index contributed by atoms with van der Waals surface area (Å²) in [4.78, 5) is 32.3. The molecule has 4 rings (SSSR count). The fraction of sp³-hybridized carbons (Fsp3) is 0.160. The van der Waals surface area contributed by atoms with Crippen LogP contribution in [-0.2, 0) is 16.1 Å². The third-order valence-corrected chi connectivity index (χ3v) is 5.22. The Balaban J connectivity index is 1.78. The summed E-state index contributed by atoms with van der Waals surface area (Å²) in [7, 11) is 3.10. The van der Waals surface area contributed by atoms with Crippen LogP contribution in [0.1, 0.15) is 16.8 Å². The number of nitrogens with one attached hydrogen (secondary N) is 1. The van der Waals surface area contributed by atoms with Crippen molar-refractivity contribution in [1.29, 1.82) is 0 Å². The van der Waals surface area contributed by atoms with Gasteiger partial charge in [0.1, 0.15) is 17.2 Å². The molecule has 0 unspecified atom stereocenters. The van der Waals surface area contributed by atoms with Gasteiger partial charge < -0.3 is 14.8 Å². The number of nitrogens with zero attached hydrogens (tertiary/aromatic N) is 2. The van der Waals surface area contributed by atoms with Gasteiger partial charge in [0.05, 0.1) is 37.7 Å². The Labute approximate surface area is 186 Å². The summed E-state index contributed by atoms with van der Waals surface area (Å²) in [6, 6.07) is 18.1. The van der Waals surface area contributed by atoms with Crippen LogP contribution in [0, 0.1) is 6.92 Å². The fourth-order valence-corrected chi connectivity index (χ4v) is 3.52. The van der Waals surface area contributed by atoms with Crippen LogP contribution >= 0.6 is 0 Å². The van der Waals surface area contributed by atoms with Gasteiger partial charge >= 0.3 is 0 Å². The first-order valence-electron chi connectivity index (χ1n) is 10.1. The zero-order chi connectivity index (χ0) is 22.7. The van der Waals surface area contributed by atoms with E-state index in [1.54, 1.807) is 43.6 Å². The molecule has 0 radical (unpaired) electrons. The molecule has 2 amide bonds. The van der Waals surface area contributed by atoms with Crippen molar-refractivity contribution >= 4 is 23.1 Å². The molecule has 0 aliphatic carbocycles. The van der Waals surface area contributed by atoms with Gasteiger partial charge in [-0.15, -0.1) is 0 Å². The maximum Gasteiger partial charge on any atom is 0.278 e. The Morgan fingerprint density at radius 1 is 0.938 bits per heavy atom. The molecule has 0 saturated heterocycles. The maximum atomic E-state index is 13.4. The van der Waals surface area contributed by atoms with Gasteiger partial charge in [0.2, 0.25) is 0 Å². The number of hydrogen-bond acceptors (Lipinski definition) is 6. The van der Waals surface area contributed by atoms with E-state index in [2.05, 4.69) is 10.3 Å². The lowest BCUT2D eigenvalue weighted by atomic mass is 10.0. The minimum Gasteiger partial charge on any atom is -0.497 e. The predicted octanol–water partition coefficient (Wildman–Crippen LogP) is 3.80. The smallest absolute Gasteiger partial charge is 0.278 e. The fourth-order valence-electron chi connectivity index (χ4n) is 3.52. The summed E-state index contributed by atoms with van der Waals surface area (Å²) >= 11 is 0. The maximum absolute atomic E-state index is 13.4. The Hall–Kier alpha value is -4.13. The summed E-state index contributed by atoms with van der Waals surface area (Å²) in [5.74, 6) is 0.299. The summed E-state index contributed by atoms with van der Waals surface area (Å²) in [6.07, 6.45) is 1.63. The zero-order valence-electron chi connectivity index (χ0n) is 18.1. The first kappa shape index (κ1) is 21.1. The Bertz CT molecular complexity index is 1190. The van der Waals surface area contributed by atoms with E-state index in [0.29, 0.717) is 34.0 Å². The first-order valence-corrected chi connectivity index (χ1v) is 10.1. The molecule has 0 bridgehead atoms. The van der Waals surface area contributed by atoms with Crippen LogP contribution in [0.4, 0.5) is 5.69 Å². The van der Waals surface area contributed by atoms with Crippen molar-refractivity contribution < 1.29 is 19.1 Å². The van der Waals surface area contributed by atoms with Crippen molar-refractivity contribution in [3.8, 4) is 11.5 Å². The van der Waals surface area contributed by atoms with Crippen molar-refractivity contribution in [3.05, 3.63) is 89.4 Å². The van der Waals surface area contributed by atoms with E-state index in [9.17, 15) is 9.59 Å². The number of aromatic nitrogens is 1. The number of methoxy groups -OCH3 is 2. The van der Waals surface area contributed by atoms with Gasteiger partial charge in [-0.3, -0.25) is 19.5 Å². The van der Waals surface area contributed by atoms with Crippen LogP contribution < -0.4 is 14.8 Å². The second-order valence-electron chi connectivity index (χ2n) is 7.32. The van der Waals surface area contributed by atoms with Crippen LogP contribution in [-0.4, -0.2) is 35.9 Å². The highest BCUT2D eigenvalue weighted by Gasteiger charge is 2.39. The highest BCUT2D eigenvalue weighted by Crippen LogP contribution is 2.35. The highest BCUT2D eigenvalue weighted by atomic mass is 16.5. The molecule has 2 heterocycles. The minimum atomic E-state index is -0.430. The average Bonchev–Trinajstić information content (AvgIpc) is 3.04. The molecule has 0 atom stereocenters. The van der Waals surface area contributed by atoms with Crippen molar-refractivity contribution in [2.75, 3.05) is 19.5 Å². The molecule has 7 nitrogen and oxygen atoms in total. The third kappa shape index (κ3) is 4.05. The van der Waals surface area contributed by atoms with E-state index in [4.69, 9.17) is 9.47 Å². The topological polar surface area (TPSA) is 80.8 Å². The van der Waals surface area contributed by atoms with Gasteiger partial charge in [-0.05, 0) is 36.8 Å². The van der Waals surface area contributed by atoms with Crippen LogP contribution in [0.25, 0.3) is 5.57 Å². The van der Waals surface area contributed by atoms with Crippen LogP contribution in [0.2, 0.25) is 0 Å². The van der Waals surface area contributed by atoms with Crippen LogP contribution in [0.3, 0.4) is 0 Å². The highest BCUT2D eigenvalue weighted by molar-refractivity contribution is 6.36. The average molecular weight is 429 g/mol. The number of anilines is 1. The molecule has 1 aromatic heterocycles. The van der Waals surface area contributed by atoms with Gasteiger partial charge in [0, 0.05) is 12.3 Å². The van der Waals surface area contributed by atoms with E-state index < -0.39 is 5.91 Å². The number of carbonyl (C=O) groups is 2. The summed E-state index contributed by atoms with van der Waals surface area (Å²) in [6.45, 7) is 2.04. The molecule has 0 spiro atoms. The third-order valence-electron chi connectivity index (χ3n) is 5.22. The number of hydrogen-bond donors (Lipinski definition) is 1. The van der Waals surface area contributed by atoms with Gasteiger partial charge in [-0.25, -0.2) is 0 Å². The number of amides is 2. The van der Waals surface area contributed by atoms with E-state index in [-0.39, 0.29) is 18.1 Å². The van der Waals surface area contributed by atoms with Crippen LogP contribution in [0.5, 0.6) is 11.5 Å². The summed E-state index contributed by atoms with van der Waals surface area (Å²) in [5.41, 5.74) is 3.34. The molecule has 0 fully saturated rings. The lowest BCUT2D eigenvalue weighted by Crippen LogP contribution is -2.32. The monoisotopic (exact) mass is 429 g/mol. The molecular weight excluding hydrogens is 406 g/mol. The molecule has 1 aliphatic rings. The van der Waals surface area contributed by atoms with Crippen LogP contribution in [0.15, 0.2) is 72.6 Å². The molecule has 32 heavy (non-hydrogen) atoms. The van der Waals surface area contributed by atoms with Gasteiger partial charge in [-0.1, -0.05) is 35.9 Å². The Kier molecular flexibility index (Phi) is 5.89. The molecular formula is C25H23N3O4.